The lowest BCUT2D eigenvalue weighted by Gasteiger charge is -2.08. The van der Waals surface area contributed by atoms with E-state index >= 15 is 0 Å². The van der Waals surface area contributed by atoms with Gasteiger partial charge in [0.15, 0.2) is 0 Å². The maximum Gasteiger partial charge on any atom is 0.312 e. The third kappa shape index (κ3) is 3.77. The van der Waals surface area contributed by atoms with Gasteiger partial charge in [0, 0.05) is 18.7 Å². The molecule has 0 saturated carbocycles. The van der Waals surface area contributed by atoms with Gasteiger partial charge in [0.05, 0.1) is 9.40 Å². The van der Waals surface area contributed by atoms with Crippen molar-refractivity contribution in [2.45, 2.75) is 6.42 Å². The monoisotopic (exact) mass is 355 g/mol. The van der Waals surface area contributed by atoms with E-state index in [1.807, 2.05) is 0 Å². The molecule has 0 aliphatic rings. The van der Waals surface area contributed by atoms with E-state index in [4.69, 9.17) is 9.84 Å². The molecule has 0 fully saturated rings. The number of rotatable bonds is 5. The number of hydrogen-bond acceptors (Lipinski definition) is 4. The third-order valence-corrected chi connectivity index (χ3v) is 3.36. The molecule has 21 heavy (non-hydrogen) atoms. The number of nitro groups is 1. The number of aliphatic hydroxyl groups is 1. The van der Waals surface area contributed by atoms with Crippen molar-refractivity contribution in [3.8, 4) is 11.5 Å². The molecule has 0 heterocycles. The Morgan fingerprint density at radius 1 is 1.29 bits per heavy atom. The molecule has 0 radical (unpaired) electrons. The van der Waals surface area contributed by atoms with Gasteiger partial charge in [0.25, 0.3) is 0 Å². The largest absolute Gasteiger partial charge is 0.450 e. The molecule has 0 unspecified atom stereocenters. The lowest BCUT2D eigenvalue weighted by Crippen LogP contribution is -1.96. The van der Waals surface area contributed by atoms with Crippen molar-refractivity contribution in [3.05, 3.63) is 62.4 Å². The fourth-order valence-corrected chi connectivity index (χ4v) is 2.05. The molecule has 0 atom stereocenters. The molecule has 0 aromatic heterocycles. The summed E-state index contributed by atoms with van der Waals surface area (Å²) >= 11 is 2.90. The molecule has 0 spiro atoms. The Hall–Kier alpha value is -1.99. The Bertz CT molecular complexity index is 661. The summed E-state index contributed by atoms with van der Waals surface area (Å²) < 4.78 is 18.9. The zero-order chi connectivity index (χ0) is 15.4. The predicted octanol–water partition coefficient (Wildman–Crippen LogP) is 3.82. The second-order valence-corrected chi connectivity index (χ2v) is 5.07. The van der Waals surface area contributed by atoms with E-state index in [1.165, 1.54) is 0 Å². The summed E-state index contributed by atoms with van der Waals surface area (Å²) in [6.07, 6.45) is 0.507. The highest BCUT2D eigenvalue weighted by Crippen LogP contribution is 2.35. The second kappa shape index (κ2) is 6.64. The summed E-state index contributed by atoms with van der Waals surface area (Å²) in [6, 6.07) is 8.69. The van der Waals surface area contributed by atoms with E-state index in [2.05, 4.69) is 15.9 Å². The van der Waals surface area contributed by atoms with Gasteiger partial charge >= 0.3 is 5.69 Å². The molecule has 0 aliphatic carbocycles. The predicted molar refractivity (Wildman–Crippen MR) is 78.1 cm³/mol. The van der Waals surface area contributed by atoms with Gasteiger partial charge < -0.3 is 9.84 Å². The minimum Gasteiger partial charge on any atom is -0.450 e. The van der Waals surface area contributed by atoms with E-state index in [0.717, 1.165) is 17.7 Å². The average Bonchev–Trinajstić information content (AvgIpc) is 2.44. The van der Waals surface area contributed by atoms with Crippen LogP contribution in [0.4, 0.5) is 10.1 Å². The van der Waals surface area contributed by atoms with Gasteiger partial charge in [-0.25, -0.2) is 4.39 Å². The molecule has 5 nitrogen and oxygen atoms in total. The van der Waals surface area contributed by atoms with Crippen molar-refractivity contribution in [2.75, 3.05) is 6.61 Å². The Balaban J connectivity index is 2.30. The average molecular weight is 356 g/mol. The van der Waals surface area contributed by atoms with Crippen LogP contribution in [0.15, 0.2) is 40.9 Å². The van der Waals surface area contributed by atoms with Crippen molar-refractivity contribution < 1.29 is 19.2 Å². The molecule has 2 rings (SSSR count). The minimum atomic E-state index is -0.646. The van der Waals surface area contributed by atoms with Crippen LogP contribution in [0.1, 0.15) is 5.56 Å². The Kier molecular flexibility index (Phi) is 4.87. The lowest BCUT2D eigenvalue weighted by molar-refractivity contribution is -0.385. The SMILES string of the molecule is O=[N+]([O-])c1cc(Br)c(F)cc1Oc1ccc(CCO)cc1. The summed E-state index contributed by atoms with van der Waals surface area (Å²) in [5.74, 6) is -0.468. The molecule has 0 bridgehead atoms. The van der Waals surface area contributed by atoms with Crippen molar-refractivity contribution >= 4 is 21.6 Å². The van der Waals surface area contributed by atoms with E-state index < -0.39 is 10.7 Å². The first-order chi connectivity index (χ1) is 10.0. The summed E-state index contributed by atoms with van der Waals surface area (Å²) in [5, 5.41) is 19.8. The van der Waals surface area contributed by atoms with E-state index in [0.29, 0.717) is 12.2 Å². The van der Waals surface area contributed by atoms with Crippen molar-refractivity contribution in [3.63, 3.8) is 0 Å². The van der Waals surface area contributed by atoms with E-state index in [1.54, 1.807) is 24.3 Å². The third-order valence-electron chi connectivity index (χ3n) is 2.75. The first-order valence-corrected chi connectivity index (χ1v) is 6.81. The molecular formula is C14H11BrFNO4. The summed E-state index contributed by atoms with van der Waals surface area (Å²) in [5.41, 5.74) is 0.573. The van der Waals surface area contributed by atoms with Crippen LogP contribution in [-0.4, -0.2) is 16.6 Å². The number of ether oxygens (including phenoxy) is 1. The van der Waals surface area contributed by atoms with Crippen LogP contribution in [-0.2, 0) is 6.42 Å². The van der Waals surface area contributed by atoms with Gasteiger partial charge in [-0.2, -0.15) is 0 Å². The topological polar surface area (TPSA) is 72.6 Å². The minimum absolute atomic E-state index is 0.000145. The zero-order valence-corrected chi connectivity index (χ0v) is 12.3. The van der Waals surface area contributed by atoms with Crippen LogP contribution in [0.25, 0.3) is 0 Å². The maximum absolute atomic E-state index is 13.5. The van der Waals surface area contributed by atoms with Crippen LogP contribution in [0, 0.1) is 15.9 Å². The Labute approximate surface area is 128 Å². The van der Waals surface area contributed by atoms with Crippen LogP contribution < -0.4 is 4.74 Å². The first-order valence-electron chi connectivity index (χ1n) is 6.02. The summed E-state index contributed by atoms with van der Waals surface area (Å²) in [7, 11) is 0. The second-order valence-electron chi connectivity index (χ2n) is 4.21. The molecule has 2 aromatic carbocycles. The Morgan fingerprint density at radius 2 is 1.95 bits per heavy atom. The van der Waals surface area contributed by atoms with Gasteiger partial charge in [-0.3, -0.25) is 10.1 Å². The van der Waals surface area contributed by atoms with E-state index in [9.17, 15) is 14.5 Å². The number of aliphatic hydroxyl groups excluding tert-OH is 1. The highest BCUT2D eigenvalue weighted by Gasteiger charge is 2.19. The van der Waals surface area contributed by atoms with Crippen LogP contribution in [0.3, 0.4) is 0 Å². The quantitative estimate of drug-likeness (QED) is 0.653. The van der Waals surface area contributed by atoms with E-state index in [-0.39, 0.29) is 22.5 Å². The highest BCUT2D eigenvalue weighted by atomic mass is 79.9. The number of benzene rings is 2. The fraction of sp³-hybridized carbons (Fsp3) is 0.143. The maximum atomic E-state index is 13.5. The molecule has 110 valence electrons. The highest BCUT2D eigenvalue weighted by molar-refractivity contribution is 9.10. The lowest BCUT2D eigenvalue weighted by atomic mass is 10.1. The fourth-order valence-electron chi connectivity index (χ4n) is 1.72. The van der Waals surface area contributed by atoms with Gasteiger partial charge in [0.2, 0.25) is 5.75 Å². The van der Waals surface area contributed by atoms with Crippen LogP contribution in [0.5, 0.6) is 11.5 Å². The first kappa shape index (κ1) is 15.4. The van der Waals surface area contributed by atoms with Crippen molar-refractivity contribution in [1.29, 1.82) is 0 Å². The van der Waals surface area contributed by atoms with Crippen LogP contribution in [0.2, 0.25) is 0 Å². The molecule has 0 aliphatic heterocycles. The number of hydrogen-bond donors (Lipinski definition) is 1. The molecule has 1 N–H and O–H groups in total. The molecule has 2 aromatic rings. The van der Waals surface area contributed by atoms with Crippen molar-refractivity contribution in [1.82, 2.24) is 0 Å². The van der Waals surface area contributed by atoms with Gasteiger partial charge in [-0.15, -0.1) is 0 Å². The summed E-state index contributed by atoms with van der Waals surface area (Å²) in [4.78, 5) is 10.3. The normalized spacial score (nSPS) is 10.4. The number of nitro benzene ring substituents is 1. The number of nitrogens with zero attached hydrogens (tertiary/aromatic N) is 1. The molecule has 7 heteroatoms. The molecule has 0 amide bonds. The zero-order valence-electron chi connectivity index (χ0n) is 10.8. The molecule has 0 saturated heterocycles. The smallest absolute Gasteiger partial charge is 0.312 e. The number of halogens is 2. The van der Waals surface area contributed by atoms with Gasteiger partial charge in [0.1, 0.15) is 11.6 Å². The Morgan fingerprint density at radius 3 is 2.52 bits per heavy atom. The van der Waals surface area contributed by atoms with Crippen molar-refractivity contribution in [2.24, 2.45) is 0 Å². The van der Waals surface area contributed by atoms with Crippen LogP contribution >= 0.6 is 15.9 Å². The standard InChI is InChI=1S/C14H11BrFNO4/c15-11-7-13(17(19)20)14(8-12(11)16)21-10-3-1-9(2-4-10)5-6-18/h1-4,7-8,18H,5-6H2. The van der Waals surface area contributed by atoms with Gasteiger partial charge in [-0.1, -0.05) is 12.1 Å². The van der Waals surface area contributed by atoms with Gasteiger partial charge in [-0.05, 0) is 40.0 Å². The molecular weight excluding hydrogens is 345 g/mol. The summed E-state index contributed by atoms with van der Waals surface area (Å²) in [6.45, 7) is 0.0313.